The highest BCUT2D eigenvalue weighted by Gasteiger charge is 2.70. The van der Waals surface area contributed by atoms with Crippen molar-refractivity contribution < 1.29 is 23.9 Å². The van der Waals surface area contributed by atoms with Crippen molar-refractivity contribution in [3.63, 3.8) is 0 Å². The summed E-state index contributed by atoms with van der Waals surface area (Å²) in [5.41, 5.74) is 1.90. The molecule has 7 rings (SSSR count). The zero-order chi connectivity index (χ0) is 27.8. The number of para-hydroxylation sites is 1. The van der Waals surface area contributed by atoms with Crippen LogP contribution in [0.2, 0.25) is 5.02 Å². The predicted molar refractivity (Wildman–Crippen MR) is 148 cm³/mol. The summed E-state index contributed by atoms with van der Waals surface area (Å²) in [6.45, 7) is 1.29. The summed E-state index contributed by atoms with van der Waals surface area (Å²) in [5, 5.41) is 7.78. The first kappa shape index (κ1) is 24.6. The zero-order valence-electron chi connectivity index (χ0n) is 21.2. The molecule has 4 heterocycles. The number of hydrogen-bond acceptors (Lipinski definition) is 6. The monoisotopic (exact) mass is 554 g/mol. The molecular weight excluding hydrogens is 532 g/mol. The van der Waals surface area contributed by atoms with Gasteiger partial charge in [0.1, 0.15) is 11.3 Å². The highest BCUT2D eigenvalue weighted by molar-refractivity contribution is 6.31. The molecule has 3 N–H and O–H groups in total. The Morgan fingerprint density at radius 2 is 1.80 bits per heavy atom. The average Bonchev–Trinajstić information content (AvgIpc) is 3.64. The molecule has 2 saturated heterocycles. The zero-order valence-corrected chi connectivity index (χ0v) is 22.0. The second kappa shape index (κ2) is 8.77. The lowest BCUT2D eigenvalue weighted by Gasteiger charge is -2.29. The van der Waals surface area contributed by atoms with Crippen LogP contribution in [0.15, 0.2) is 72.9 Å². The molecule has 3 aromatic carbocycles. The van der Waals surface area contributed by atoms with Crippen molar-refractivity contribution in [3.8, 4) is 5.75 Å². The van der Waals surface area contributed by atoms with E-state index in [1.807, 2.05) is 30.5 Å². The van der Waals surface area contributed by atoms with E-state index in [2.05, 4.69) is 15.6 Å². The summed E-state index contributed by atoms with van der Waals surface area (Å²) in [6.07, 6.45) is 2.31. The molecule has 3 aliphatic rings. The minimum Gasteiger partial charge on any atom is -0.427 e. The lowest BCUT2D eigenvalue weighted by molar-refractivity contribution is -0.132. The Kier molecular flexibility index (Phi) is 5.39. The van der Waals surface area contributed by atoms with Crippen LogP contribution in [0.1, 0.15) is 18.1 Å². The van der Waals surface area contributed by atoms with Crippen LogP contribution in [-0.4, -0.2) is 34.7 Å². The van der Waals surface area contributed by atoms with Gasteiger partial charge in [0.05, 0.1) is 17.5 Å². The number of imide groups is 1. The summed E-state index contributed by atoms with van der Waals surface area (Å²) in [5.74, 6) is -3.26. The Morgan fingerprint density at radius 3 is 2.58 bits per heavy atom. The Balaban J connectivity index is 1.34. The molecule has 9 nitrogen and oxygen atoms in total. The van der Waals surface area contributed by atoms with Gasteiger partial charge in [0.2, 0.25) is 17.7 Å². The van der Waals surface area contributed by atoms with Crippen LogP contribution in [0.5, 0.6) is 5.75 Å². The van der Waals surface area contributed by atoms with Gasteiger partial charge in [0.25, 0.3) is 0 Å². The van der Waals surface area contributed by atoms with Gasteiger partial charge < -0.3 is 15.0 Å². The van der Waals surface area contributed by atoms with Gasteiger partial charge in [0.15, 0.2) is 0 Å². The van der Waals surface area contributed by atoms with Gasteiger partial charge in [-0.3, -0.25) is 24.5 Å². The van der Waals surface area contributed by atoms with Crippen LogP contribution in [0.3, 0.4) is 0 Å². The van der Waals surface area contributed by atoms with Crippen molar-refractivity contribution in [1.29, 1.82) is 0 Å². The molecule has 3 amide bonds. The van der Waals surface area contributed by atoms with E-state index in [0.29, 0.717) is 34.1 Å². The highest BCUT2D eigenvalue weighted by atomic mass is 35.5. The van der Waals surface area contributed by atoms with Gasteiger partial charge in [0, 0.05) is 46.3 Å². The standard InChI is InChI=1S/C30H23ClN4O5/c1-15(36)40-19-9-7-18(8-10-19)35-27(37)25-24(12-16-14-32-22-5-3-2-4-20(16)22)34-30(26(25)28(35)38)21-13-17(31)6-11-23(21)33-29(30)39/h2-11,13-14,24-26,32,34H,12H2,1H3,(H,33,39)/t24-,25+,26+,30-/m0/s1. The fourth-order valence-corrected chi connectivity index (χ4v) is 6.74. The molecule has 4 atom stereocenters. The second-order valence-electron chi connectivity index (χ2n) is 10.4. The van der Waals surface area contributed by atoms with E-state index >= 15 is 0 Å². The third kappa shape index (κ3) is 3.44. The number of aromatic nitrogens is 1. The molecule has 40 heavy (non-hydrogen) atoms. The van der Waals surface area contributed by atoms with E-state index in [0.717, 1.165) is 21.4 Å². The van der Waals surface area contributed by atoms with Crippen LogP contribution in [0.4, 0.5) is 11.4 Å². The van der Waals surface area contributed by atoms with Crippen LogP contribution in [0, 0.1) is 11.8 Å². The first-order valence-corrected chi connectivity index (χ1v) is 13.3. The van der Waals surface area contributed by atoms with Gasteiger partial charge in [-0.15, -0.1) is 0 Å². The Hall–Kier alpha value is -4.47. The number of fused-ring (bicyclic) bond motifs is 5. The molecule has 4 aromatic rings. The van der Waals surface area contributed by atoms with Crippen molar-refractivity contribution in [2.24, 2.45) is 11.8 Å². The van der Waals surface area contributed by atoms with E-state index in [1.165, 1.54) is 19.1 Å². The number of esters is 1. The minimum absolute atomic E-state index is 0.296. The average molecular weight is 555 g/mol. The van der Waals surface area contributed by atoms with Crippen molar-refractivity contribution in [3.05, 3.63) is 89.1 Å². The number of nitrogens with zero attached hydrogens (tertiary/aromatic N) is 1. The predicted octanol–water partition coefficient (Wildman–Crippen LogP) is 3.91. The number of nitrogens with one attached hydrogen (secondary N) is 3. The smallest absolute Gasteiger partial charge is 0.308 e. The number of benzene rings is 3. The fraction of sp³-hybridized carbons (Fsp3) is 0.200. The maximum Gasteiger partial charge on any atom is 0.308 e. The number of ether oxygens (including phenoxy) is 1. The summed E-state index contributed by atoms with van der Waals surface area (Å²) < 4.78 is 5.11. The molecular formula is C30H23ClN4O5. The van der Waals surface area contributed by atoms with Crippen molar-refractivity contribution in [2.45, 2.75) is 24.9 Å². The molecule has 200 valence electrons. The molecule has 10 heteroatoms. The van der Waals surface area contributed by atoms with Crippen molar-refractivity contribution in [2.75, 3.05) is 10.2 Å². The minimum atomic E-state index is -1.47. The Bertz CT molecular complexity index is 1750. The number of carbonyl (C=O) groups excluding carboxylic acids is 4. The summed E-state index contributed by atoms with van der Waals surface area (Å²) in [6, 6.07) is 18.6. The number of amides is 3. The van der Waals surface area contributed by atoms with Gasteiger partial charge in [-0.2, -0.15) is 0 Å². The highest BCUT2D eigenvalue weighted by Crippen LogP contribution is 2.54. The molecule has 0 bridgehead atoms. The molecule has 1 aromatic heterocycles. The van der Waals surface area contributed by atoms with E-state index < -0.39 is 47.1 Å². The van der Waals surface area contributed by atoms with E-state index in [9.17, 15) is 19.2 Å². The third-order valence-corrected chi connectivity index (χ3v) is 8.38. The quantitative estimate of drug-likeness (QED) is 0.200. The molecule has 0 saturated carbocycles. The van der Waals surface area contributed by atoms with Crippen LogP contribution in [0.25, 0.3) is 10.9 Å². The maximum atomic E-state index is 14.2. The van der Waals surface area contributed by atoms with Crippen LogP contribution in [-0.2, 0) is 31.1 Å². The molecule has 1 spiro atoms. The SMILES string of the molecule is CC(=O)Oc1ccc(N2C(=O)[C@@H]3[C@H](Cc4c[nH]c5ccccc45)N[C@]4(C(=O)Nc5ccc(Cl)cc54)[C@H]3C2=O)cc1. The number of H-pyrrole nitrogens is 1. The van der Waals surface area contributed by atoms with Crippen molar-refractivity contribution in [1.82, 2.24) is 10.3 Å². The maximum absolute atomic E-state index is 14.2. The number of rotatable bonds is 4. The normalized spacial score (nSPS) is 25.0. The molecule has 0 aliphatic carbocycles. The second-order valence-corrected chi connectivity index (χ2v) is 10.8. The third-order valence-electron chi connectivity index (χ3n) is 8.15. The van der Waals surface area contributed by atoms with Gasteiger partial charge in [-0.25, -0.2) is 4.90 Å². The molecule has 3 aliphatic heterocycles. The molecule has 2 fully saturated rings. The lowest BCUT2D eigenvalue weighted by Crippen LogP contribution is -2.53. The van der Waals surface area contributed by atoms with Gasteiger partial charge in [-0.05, 0) is 60.5 Å². The van der Waals surface area contributed by atoms with E-state index in [1.54, 1.807) is 30.3 Å². The van der Waals surface area contributed by atoms with E-state index in [4.69, 9.17) is 16.3 Å². The molecule has 0 radical (unpaired) electrons. The Morgan fingerprint density at radius 1 is 1.02 bits per heavy atom. The summed E-state index contributed by atoms with van der Waals surface area (Å²) in [7, 11) is 0. The first-order chi connectivity index (χ1) is 19.3. The van der Waals surface area contributed by atoms with Crippen LogP contribution < -0.4 is 20.3 Å². The number of halogens is 1. The van der Waals surface area contributed by atoms with E-state index in [-0.39, 0.29) is 0 Å². The van der Waals surface area contributed by atoms with Crippen LogP contribution >= 0.6 is 11.6 Å². The Labute approximate surface area is 233 Å². The fourth-order valence-electron chi connectivity index (χ4n) is 6.57. The topological polar surface area (TPSA) is 121 Å². The number of hydrogen-bond donors (Lipinski definition) is 3. The summed E-state index contributed by atoms with van der Waals surface area (Å²) in [4.78, 5) is 57.8. The molecule has 0 unspecified atom stereocenters. The van der Waals surface area contributed by atoms with Gasteiger partial charge >= 0.3 is 5.97 Å². The summed E-state index contributed by atoms with van der Waals surface area (Å²) >= 11 is 6.36. The van der Waals surface area contributed by atoms with Gasteiger partial charge in [-0.1, -0.05) is 29.8 Å². The van der Waals surface area contributed by atoms with Crippen molar-refractivity contribution >= 4 is 57.6 Å². The number of anilines is 2. The lowest BCUT2D eigenvalue weighted by atomic mass is 9.76. The number of aromatic amines is 1. The first-order valence-electron chi connectivity index (χ1n) is 12.9. The largest absolute Gasteiger partial charge is 0.427 e. The number of carbonyl (C=O) groups is 4.